The molecule has 0 radical (unpaired) electrons. The van der Waals surface area contributed by atoms with E-state index in [2.05, 4.69) is 9.71 Å². The summed E-state index contributed by atoms with van der Waals surface area (Å²) in [5.41, 5.74) is 5.86. The monoisotopic (exact) mass is 227 g/mol. The predicted molar refractivity (Wildman–Crippen MR) is 58.8 cm³/mol. The van der Waals surface area contributed by atoms with Gasteiger partial charge in [0.25, 0.3) is 0 Å². The Hall–Kier alpha value is -1.30. The molecule has 0 unspecified atom stereocenters. The van der Waals surface area contributed by atoms with E-state index in [1.807, 2.05) is 0 Å². The molecular weight excluding hydrogens is 214 g/mol. The molecule has 1 aromatic rings. The van der Waals surface area contributed by atoms with E-state index in [0.29, 0.717) is 17.4 Å². The molecule has 1 saturated carbocycles. The standard InChI is InChI=1S/C9H13N3O2S/c10-9-4-3-8(5-11-9)12-15(13,14)6-7-1-2-7/h3-5,7,12H,1-2,6H2,(H2,10,11). The molecule has 2 rings (SSSR count). The topological polar surface area (TPSA) is 85.1 Å². The second-order valence-corrected chi connectivity index (χ2v) is 5.57. The summed E-state index contributed by atoms with van der Waals surface area (Å²) in [5.74, 6) is 0.918. The van der Waals surface area contributed by atoms with Crippen molar-refractivity contribution in [3.8, 4) is 0 Å². The Balaban J connectivity index is 2.03. The second kappa shape index (κ2) is 3.69. The number of aromatic nitrogens is 1. The summed E-state index contributed by atoms with van der Waals surface area (Å²) in [5, 5.41) is 0. The molecule has 0 amide bonds. The molecule has 1 aliphatic rings. The number of nitrogens with zero attached hydrogens (tertiary/aromatic N) is 1. The van der Waals surface area contributed by atoms with Crippen molar-refractivity contribution < 1.29 is 8.42 Å². The third-order valence-corrected chi connectivity index (χ3v) is 3.67. The first-order valence-electron chi connectivity index (χ1n) is 4.77. The average molecular weight is 227 g/mol. The van der Waals surface area contributed by atoms with Crippen molar-refractivity contribution in [3.63, 3.8) is 0 Å². The highest BCUT2D eigenvalue weighted by molar-refractivity contribution is 7.92. The smallest absolute Gasteiger partial charge is 0.233 e. The van der Waals surface area contributed by atoms with Crippen molar-refractivity contribution in [2.45, 2.75) is 12.8 Å². The summed E-state index contributed by atoms with van der Waals surface area (Å²) in [7, 11) is -3.22. The van der Waals surface area contributed by atoms with Gasteiger partial charge in [0.2, 0.25) is 10.0 Å². The van der Waals surface area contributed by atoms with Crippen LogP contribution in [-0.4, -0.2) is 19.2 Å². The number of nitrogen functional groups attached to an aromatic ring is 1. The Labute approximate surface area is 88.8 Å². The van der Waals surface area contributed by atoms with E-state index in [1.54, 1.807) is 12.1 Å². The Morgan fingerprint density at radius 2 is 2.20 bits per heavy atom. The molecule has 1 heterocycles. The van der Waals surface area contributed by atoms with Gasteiger partial charge in [0, 0.05) is 0 Å². The number of hydrogen-bond donors (Lipinski definition) is 2. The van der Waals surface area contributed by atoms with Crippen molar-refractivity contribution in [2.24, 2.45) is 5.92 Å². The normalized spacial score (nSPS) is 16.3. The van der Waals surface area contributed by atoms with Gasteiger partial charge in [-0.25, -0.2) is 13.4 Å². The minimum Gasteiger partial charge on any atom is -0.384 e. The van der Waals surface area contributed by atoms with Crippen LogP contribution in [0.3, 0.4) is 0 Å². The molecule has 0 aromatic carbocycles. The van der Waals surface area contributed by atoms with Gasteiger partial charge >= 0.3 is 0 Å². The van der Waals surface area contributed by atoms with Gasteiger partial charge in [-0.15, -0.1) is 0 Å². The lowest BCUT2D eigenvalue weighted by Crippen LogP contribution is -2.17. The number of pyridine rings is 1. The van der Waals surface area contributed by atoms with Crippen molar-refractivity contribution in [1.29, 1.82) is 0 Å². The Morgan fingerprint density at radius 3 is 2.73 bits per heavy atom. The zero-order valence-corrected chi connectivity index (χ0v) is 9.00. The molecule has 0 saturated heterocycles. The van der Waals surface area contributed by atoms with Crippen LogP contribution in [-0.2, 0) is 10.0 Å². The first-order valence-corrected chi connectivity index (χ1v) is 6.42. The van der Waals surface area contributed by atoms with Crippen LogP contribution >= 0.6 is 0 Å². The lowest BCUT2D eigenvalue weighted by atomic mass is 10.4. The molecule has 3 N–H and O–H groups in total. The van der Waals surface area contributed by atoms with Crippen LogP contribution in [0.1, 0.15) is 12.8 Å². The summed E-state index contributed by atoms with van der Waals surface area (Å²) < 4.78 is 25.6. The van der Waals surface area contributed by atoms with Crippen LogP contribution in [0.15, 0.2) is 18.3 Å². The number of anilines is 2. The molecular formula is C9H13N3O2S. The van der Waals surface area contributed by atoms with Crippen LogP contribution in [0.4, 0.5) is 11.5 Å². The lowest BCUT2D eigenvalue weighted by Gasteiger charge is -2.06. The summed E-state index contributed by atoms with van der Waals surface area (Å²) in [6, 6.07) is 3.17. The maximum absolute atomic E-state index is 11.6. The maximum Gasteiger partial charge on any atom is 0.233 e. The average Bonchev–Trinajstić information content (AvgIpc) is 2.91. The van der Waals surface area contributed by atoms with Gasteiger partial charge in [-0.05, 0) is 30.9 Å². The van der Waals surface area contributed by atoms with E-state index >= 15 is 0 Å². The molecule has 0 aliphatic heterocycles. The van der Waals surface area contributed by atoms with Crippen LogP contribution in [0.25, 0.3) is 0 Å². The number of nitrogens with two attached hydrogens (primary N) is 1. The fourth-order valence-electron chi connectivity index (χ4n) is 1.28. The highest BCUT2D eigenvalue weighted by Crippen LogP contribution is 2.30. The molecule has 5 nitrogen and oxygen atoms in total. The minimum atomic E-state index is -3.22. The largest absolute Gasteiger partial charge is 0.384 e. The van der Waals surface area contributed by atoms with Gasteiger partial charge in [-0.3, -0.25) is 4.72 Å². The van der Waals surface area contributed by atoms with Gasteiger partial charge < -0.3 is 5.73 Å². The highest BCUT2D eigenvalue weighted by Gasteiger charge is 2.27. The molecule has 0 spiro atoms. The zero-order chi connectivity index (χ0) is 10.9. The fourth-order valence-corrected chi connectivity index (χ4v) is 2.80. The Morgan fingerprint density at radius 1 is 1.47 bits per heavy atom. The van der Waals surface area contributed by atoms with Crippen molar-refractivity contribution in [3.05, 3.63) is 18.3 Å². The van der Waals surface area contributed by atoms with Crippen LogP contribution < -0.4 is 10.5 Å². The zero-order valence-electron chi connectivity index (χ0n) is 8.18. The number of rotatable bonds is 4. The van der Waals surface area contributed by atoms with E-state index in [1.165, 1.54) is 6.20 Å². The van der Waals surface area contributed by atoms with Gasteiger partial charge in [0.1, 0.15) is 5.82 Å². The van der Waals surface area contributed by atoms with Crippen LogP contribution in [0, 0.1) is 5.92 Å². The molecule has 82 valence electrons. The van der Waals surface area contributed by atoms with Gasteiger partial charge in [-0.1, -0.05) is 0 Å². The quantitative estimate of drug-likeness (QED) is 0.797. The lowest BCUT2D eigenvalue weighted by molar-refractivity contribution is 0.597. The molecule has 1 aliphatic carbocycles. The molecule has 0 atom stereocenters. The molecule has 15 heavy (non-hydrogen) atoms. The third kappa shape index (κ3) is 3.09. The van der Waals surface area contributed by atoms with Crippen LogP contribution in [0.2, 0.25) is 0 Å². The second-order valence-electron chi connectivity index (χ2n) is 3.80. The highest BCUT2D eigenvalue weighted by atomic mass is 32.2. The van der Waals surface area contributed by atoms with E-state index in [-0.39, 0.29) is 5.75 Å². The Bertz CT molecular complexity index is 437. The van der Waals surface area contributed by atoms with Crippen molar-refractivity contribution >= 4 is 21.5 Å². The van der Waals surface area contributed by atoms with Gasteiger partial charge in [0.15, 0.2) is 0 Å². The molecule has 0 bridgehead atoms. The molecule has 6 heteroatoms. The first-order chi connectivity index (χ1) is 7.05. The SMILES string of the molecule is Nc1ccc(NS(=O)(=O)CC2CC2)cn1. The van der Waals surface area contributed by atoms with E-state index in [4.69, 9.17) is 5.73 Å². The number of sulfonamides is 1. The fraction of sp³-hybridized carbons (Fsp3) is 0.444. The third-order valence-electron chi connectivity index (χ3n) is 2.21. The van der Waals surface area contributed by atoms with Crippen molar-refractivity contribution in [2.75, 3.05) is 16.2 Å². The van der Waals surface area contributed by atoms with E-state index in [0.717, 1.165) is 12.8 Å². The molecule has 1 aromatic heterocycles. The Kier molecular flexibility index (Phi) is 2.52. The predicted octanol–water partition coefficient (Wildman–Crippen LogP) is 0.816. The summed E-state index contributed by atoms with van der Waals surface area (Å²) in [4.78, 5) is 3.81. The van der Waals surface area contributed by atoms with E-state index < -0.39 is 10.0 Å². The first kappa shape index (κ1) is 10.2. The van der Waals surface area contributed by atoms with E-state index in [9.17, 15) is 8.42 Å². The summed E-state index contributed by atoms with van der Waals surface area (Å²) >= 11 is 0. The van der Waals surface area contributed by atoms with Crippen molar-refractivity contribution in [1.82, 2.24) is 4.98 Å². The maximum atomic E-state index is 11.6. The summed E-state index contributed by atoms with van der Waals surface area (Å²) in [6.07, 6.45) is 3.45. The number of nitrogens with one attached hydrogen (secondary N) is 1. The van der Waals surface area contributed by atoms with Gasteiger partial charge in [-0.2, -0.15) is 0 Å². The van der Waals surface area contributed by atoms with Gasteiger partial charge in [0.05, 0.1) is 17.6 Å². The summed E-state index contributed by atoms with van der Waals surface area (Å²) in [6.45, 7) is 0. The number of hydrogen-bond acceptors (Lipinski definition) is 4. The van der Waals surface area contributed by atoms with Crippen LogP contribution in [0.5, 0.6) is 0 Å². The minimum absolute atomic E-state index is 0.206. The molecule has 1 fully saturated rings.